The molecule has 1 saturated heterocycles. The molecule has 0 spiro atoms. The number of halogens is 4. The van der Waals surface area contributed by atoms with E-state index in [0.717, 1.165) is 15.2 Å². The molecular formula is C11H13BrF3NS. The van der Waals surface area contributed by atoms with Gasteiger partial charge in [0.15, 0.2) is 0 Å². The summed E-state index contributed by atoms with van der Waals surface area (Å²) < 4.78 is 38.9. The second-order valence-corrected chi connectivity index (χ2v) is 6.87. The fourth-order valence-electron chi connectivity index (χ4n) is 2.12. The summed E-state index contributed by atoms with van der Waals surface area (Å²) in [5, 5.41) is 0. The average molecular weight is 328 g/mol. The third kappa shape index (κ3) is 3.69. The van der Waals surface area contributed by atoms with Gasteiger partial charge < -0.3 is 0 Å². The van der Waals surface area contributed by atoms with Gasteiger partial charge in [-0.3, -0.25) is 4.90 Å². The number of piperidine rings is 1. The summed E-state index contributed by atoms with van der Waals surface area (Å²) in [5.74, 6) is -1.15. The Bertz CT molecular complexity index is 377. The number of nitrogens with zero attached hydrogens (tertiary/aromatic N) is 1. The first kappa shape index (κ1) is 13.4. The zero-order valence-corrected chi connectivity index (χ0v) is 11.5. The Balaban J connectivity index is 1.94. The molecule has 0 saturated carbocycles. The van der Waals surface area contributed by atoms with Crippen LogP contribution in [0.15, 0.2) is 15.9 Å². The fraction of sp³-hybridized carbons (Fsp3) is 0.636. The van der Waals surface area contributed by atoms with E-state index >= 15 is 0 Å². The summed E-state index contributed by atoms with van der Waals surface area (Å²) in [6.45, 7) is 1.53. The van der Waals surface area contributed by atoms with Crippen molar-refractivity contribution in [2.24, 2.45) is 5.92 Å². The lowest BCUT2D eigenvalue weighted by Crippen LogP contribution is -2.41. The minimum absolute atomic E-state index is 0.138. The monoisotopic (exact) mass is 327 g/mol. The summed E-state index contributed by atoms with van der Waals surface area (Å²) >= 11 is 4.94. The van der Waals surface area contributed by atoms with Crippen LogP contribution in [0.3, 0.4) is 0 Å². The zero-order valence-electron chi connectivity index (χ0n) is 9.13. The van der Waals surface area contributed by atoms with Gasteiger partial charge in [0.25, 0.3) is 0 Å². The highest BCUT2D eigenvalue weighted by molar-refractivity contribution is 9.11. The molecule has 1 aliphatic heterocycles. The number of hydrogen-bond donors (Lipinski definition) is 0. The van der Waals surface area contributed by atoms with E-state index in [9.17, 15) is 13.2 Å². The number of rotatable bonds is 2. The summed E-state index contributed by atoms with van der Waals surface area (Å²) in [6, 6.07) is 3.90. The molecule has 96 valence electrons. The standard InChI is InChI=1S/C11H13BrF3NS/c12-10-4-3-9(17-10)7-16-5-1-2-8(6-16)11(13,14)15/h3-4,8H,1-2,5-7H2. The minimum atomic E-state index is -4.05. The van der Waals surface area contributed by atoms with E-state index in [1.807, 2.05) is 17.0 Å². The zero-order chi connectivity index (χ0) is 12.5. The average Bonchev–Trinajstić information content (AvgIpc) is 2.63. The Kier molecular flexibility index (Phi) is 4.15. The van der Waals surface area contributed by atoms with Crippen LogP contribution in [0.4, 0.5) is 13.2 Å². The molecule has 1 aliphatic rings. The Morgan fingerprint density at radius 3 is 2.76 bits per heavy atom. The highest BCUT2D eigenvalue weighted by Crippen LogP contribution is 2.34. The van der Waals surface area contributed by atoms with E-state index in [-0.39, 0.29) is 13.0 Å². The van der Waals surface area contributed by atoms with Gasteiger partial charge >= 0.3 is 6.18 Å². The first-order valence-corrected chi connectivity index (χ1v) is 7.09. The molecule has 1 nitrogen and oxygen atoms in total. The van der Waals surface area contributed by atoms with Crippen LogP contribution in [0.25, 0.3) is 0 Å². The lowest BCUT2D eigenvalue weighted by molar-refractivity contribution is -0.187. The Labute approximate surface area is 111 Å². The lowest BCUT2D eigenvalue weighted by Gasteiger charge is -2.33. The molecule has 0 bridgehead atoms. The van der Waals surface area contributed by atoms with Crippen LogP contribution < -0.4 is 0 Å². The number of alkyl halides is 3. The molecule has 1 atom stereocenters. The maximum atomic E-state index is 12.6. The van der Waals surface area contributed by atoms with Crippen molar-refractivity contribution in [3.63, 3.8) is 0 Å². The van der Waals surface area contributed by atoms with Crippen LogP contribution in [0.2, 0.25) is 0 Å². The molecule has 1 aromatic heterocycles. The SMILES string of the molecule is FC(F)(F)C1CCCN(Cc2ccc(Br)s2)C1. The van der Waals surface area contributed by atoms with Crippen molar-refractivity contribution in [3.05, 3.63) is 20.8 Å². The second-order valence-electron chi connectivity index (χ2n) is 4.32. The molecule has 6 heteroatoms. The van der Waals surface area contributed by atoms with E-state index in [0.29, 0.717) is 13.0 Å². The van der Waals surface area contributed by atoms with Gasteiger partial charge in [-0.1, -0.05) is 0 Å². The van der Waals surface area contributed by atoms with E-state index in [1.54, 1.807) is 11.3 Å². The molecule has 2 rings (SSSR count). The molecular weight excluding hydrogens is 315 g/mol. The molecule has 1 unspecified atom stereocenters. The molecule has 0 N–H and O–H groups in total. The molecule has 1 aromatic rings. The first-order valence-electron chi connectivity index (χ1n) is 5.48. The highest BCUT2D eigenvalue weighted by atomic mass is 79.9. The topological polar surface area (TPSA) is 3.24 Å². The van der Waals surface area contributed by atoms with Crippen LogP contribution >= 0.6 is 27.3 Å². The summed E-state index contributed by atoms with van der Waals surface area (Å²) in [5.41, 5.74) is 0. The Hall–Kier alpha value is -0.0700. The van der Waals surface area contributed by atoms with Crippen molar-refractivity contribution >= 4 is 27.3 Å². The molecule has 0 radical (unpaired) electrons. The van der Waals surface area contributed by atoms with Crippen molar-refractivity contribution < 1.29 is 13.2 Å². The predicted octanol–water partition coefficient (Wildman–Crippen LogP) is 4.28. The fourth-order valence-corrected chi connectivity index (χ4v) is 3.65. The Morgan fingerprint density at radius 1 is 1.41 bits per heavy atom. The van der Waals surface area contributed by atoms with Crippen LogP contribution in [0.1, 0.15) is 17.7 Å². The van der Waals surface area contributed by atoms with Gasteiger partial charge in [-0.2, -0.15) is 13.2 Å². The summed E-state index contributed by atoms with van der Waals surface area (Å²) in [4.78, 5) is 3.01. The number of hydrogen-bond acceptors (Lipinski definition) is 2. The van der Waals surface area contributed by atoms with Gasteiger partial charge in [-0.05, 0) is 47.4 Å². The predicted molar refractivity (Wildman–Crippen MR) is 66.1 cm³/mol. The van der Waals surface area contributed by atoms with Crippen LogP contribution in [-0.2, 0) is 6.54 Å². The van der Waals surface area contributed by atoms with E-state index < -0.39 is 12.1 Å². The lowest BCUT2D eigenvalue weighted by atomic mass is 9.97. The molecule has 2 heterocycles. The van der Waals surface area contributed by atoms with Crippen molar-refractivity contribution in [2.45, 2.75) is 25.6 Å². The maximum Gasteiger partial charge on any atom is 0.393 e. The third-order valence-corrected chi connectivity index (χ3v) is 4.59. The first-order chi connectivity index (χ1) is 7.95. The smallest absolute Gasteiger partial charge is 0.298 e. The van der Waals surface area contributed by atoms with E-state index in [4.69, 9.17) is 0 Å². The molecule has 0 aromatic carbocycles. The van der Waals surface area contributed by atoms with Crippen LogP contribution in [-0.4, -0.2) is 24.2 Å². The van der Waals surface area contributed by atoms with E-state index in [2.05, 4.69) is 15.9 Å². The normalized spacial score (nSPS) is 22.9. The van der Waals surface area contributed by atoms with Gasteiger partial charge in [-0.15, -0.1) is 11.3 Å². The van der Waals surface area contributed by atoms with Crippen LogP contribution in [0.5, 0.6) is 0 Å². The van der Waals surface area contributed by atoms with Gasteiger partial charge in [0.05, 0.1) is 9.70 Å². The third-order valence-electron chi connectivity index (χ3n) is 2.98. The van der Waals surface area contributed by atoms with Crippen molar-refractivity contribution in [1.29, 1.82) is 0 Å². The van der Waals surface area contributed by atoms with Crippen molar-refractivity contribution in [3.8, 4) is 0 Å². The van der Waals surface area contributed by atoms with Gasteiger partial charge in [0, 0.05) is 18.0 Å². The molecule has 1 fully saturated rings. The maximum absolute atomic E-state index is 12.6. The molecule has 0 aliphatic carbocycles. The minimum Gasteiger partial charge on any atom is -0.298 e. The largest absolute Gasteiger partial charge is 0.393 e. The van der Waals surface area contributed by atoms with Gasteiger partial charge in [0.2, 0.25) is 0 Å². The second kappa shape index (κ2) is 5.28. The van der Waals surface area contributed by atoms with Gasteiger partial charge in [0.1, 0.15) is 0 Å². The van der Waals surface area contributed by atoms with Crippen LogP contribution in [0, 0.1) is 5.92 Å². The summed E-state index contributed by atoms with van der Waals surface area (Å²) in [6.07, 6.45) is -3.14. The van der Waals surface area contributed by atoms with Crippen molar-refractivity contribution in [2.75, 3.05) is 13.1 Å². The summed E-state index contributed by atoms with van der Waals surface area (Å²) in [7, 11) is 0. The van der Waals surface area contributed by atoms with Gasteiger partial charge in [-0.25, -0.2) is 0 Å². The van der Waals surface area contributed by atoms with E-state index in [1.165, 1.54) is 0 Å². The molecule has 17 heavy (non-hydrogen) atoms. The number of thiophene rings is 1. The van der Waals surface area contributed by atoms with Crippen molar-refractivity contribution in [1.82, 2.24) is 4.90 Å². The molecule has 0 amide bonds. The highest BCUT2D eigenvalue weighted by Gasteiger charge is 2.41. The quantitative estimate of drug-likeness (QED) is 0.783. The number of likely N-dealkylation sites (tertiary alicyclic amines) is 1. The Morgan fingerprint density at radius 2 is 2.18 bits per heavy atom.